The maximum atomic E-state index is 9.57. The summed E-state index contributed by atoms with van der Waals surface area (Å²) in [6.07, 6.45) is 0.708. The van der Waals surface area contributed by atoms with Crippen LogP contribution >= 0.6 is 0 Å². The third-order valence-electron chi connectivity index (χ3n) is 6.43. The first-order valence-corrected chi connectivity index (χ1v) is 12.5. The summed E-state index contributed by atoms with van der Waals surface area (Å²) in [4.78, 5) is 8.91. The quantitative estimate of drug-likeness (QED) is 0.220. The Hall–Kier alpha value is -4.44. The van der Waals surface area contributed by atoms with Crippen molar-refractivity contribution in [3.63, 3.8) is 0 Å². The van der Waals surface area contributed by atoms with Crippen LogP contribution in [0.3, 0.4) is 0 Å². The second kappa shape index (κ2) is 12.7. The lowest BCUT2D eigenvalue weighted by Gasteiger charge is -2.23. The van der Waals surface area contributed by atoms with E-state index in [0.29, 0.717) is 39.0 Å². The van der Waals surface area contributed by atoms with Crippen LogP contribution < -0.4 is 19.1 Å². The molecular weight excluding hydrogens is 480 g/mol. The van der Waals surface area contributed by atoms with E-state index in [2.05, 4.69) is 21.6 Å². The smallest absolute Gasteiger partial charge is 0.239 e. The minimum absolute atomic E-state index is 0.0307. The Morgan fingerprint density at radius 1 is 0.763 bits per heavy atom. The molecule has 0 aliphatic carbocycles. The molecule has 0 amide bonds. The molecule has 194 valence electrons. The first-order valence-electron chi connectivity index (χ1n) is 12.5. The second-order valence-corrected chi connectivity index (χ2v) is 8.73. The molecule has 1 aromatic heterocycles. The molecule has 9 heteroatoms. The lowest BCUT2D eigenvalue weighted by molar-refractivity contribution is -0.538. The normalized spacial score (nSPS) is 10.8. The molecule has 0 saturated heterocycles. The van der Waals surface area contributed by atoms with Gasteiger partial charge in [-0.15, -0.1) is 4.57 Å². The Balaban J connectivity index is 1.97. The molecule has 0 radical (unpaired) electrons. The van der Waals surface area contributed by atoms with Gasteiger partial charge < -0.3 is 24.7 Å². The number of anilines is 2. The maximum Gasteiger partial charge on any atom is 0.239 e. The molecule has 0 saturated carbocycles. The Labute approximate surface area is 222 Å². The molecule has 3 aromatic carbocycles. The lowest BCUT2D eigenvalue weighted by atomic mass is 10.1. The van der Waals surface area contributed by atoms with Crippen LogP contribution in [-0.4, -0.2) is 61.7 Å². The van der Waals surface area contributed by atoms with E-state index < -0.39 is 0 Å². The minimum atomic E-state index is -0.0307. The van der Waals surface area contributed by atoms with Gasteiger partial charge in [-0.05, 0) is 36.4 Å². The van der Waals surface area contributed by atoms with Crippen LogP contribution in [0, 0.1) is 22.7 Å². The van der Waals surface area contributed by atoms with E-state index in [0.717, 1.165) is 44.9 Å². The first-order chi connectivity index (χ1) is 18.6. The number of aliphatic hydroxyl groups is 2. The molecule has 2 N–H and O–H groups in total. The van der Waals surface area contributed by atoms with Gasteiger partial charge >= 0.3 is 0 Å². The van der Waals surface area contributed by atoms with Crippen LogP contribution in [0.5, 0.6) is 5.75 Å². The summed E-state index contributed by atoms with van der Waals surface area (Å²) in [6.45, 7) is 1.77. The zero-order valence-electron chi connectivity index (χ0n) is 21.4. The molecule has 9 nitrogen and oxygen atoms in total. The van der Waals surface area contributed by atoms with Crippen molar-refractivity contribution in [2.75, 3.05) is 56.3 Å². The molecular formula is C29H31N6O3+. The standard InChI is InChI=1S/C29H31N6O3/c1-38-25-8-4-22(5-9-25)35-28-20-23(33(14-2-12-30)15-3-13-31)6-10-26(28)32-27-11-7-24(21-29(27)35)34(16-18-36)17-19-37/h4-11,20-21,36-37H,2-3,14-19H2,1H3/q+1. The fraction of sp³-hybridized carbons (Fsp3) is 0.310. The van der Waals surface area contributed by atoms with Crippen molar-refractivity contribution in [2.45, 2.75) is 12.8 Å². The average Bonchev–Trinajstić information content (AvgIpc) is 2.95. The van der Waals surface area contributed by atoms with E-state index in [1.807, 2.05) is 65.6 Å². The van der Waals surface area contributed by atoms with Gasteiger partial charge in [0.15, 0.2) is 0 Å². The number of aliphatic hydroxyl groups excluding tert-OH is 2. The number of ether oxygens (including phenoxy) is 1. The highest BCUT2D eigenvalue weighted by molar-refractivity contribution is 5.86. The summed E-state index contributed by atoms with van der Waals surface area (Å²) in [7, 11) is 1.63. The van der Waals surface area contributed by atoms with E-state index in [9.17, 15) is 10.2 Å². The van der Waals surface area contributed by atoms with Gasteiger partial charge in [0.25, 0.3) is 0 Å². The van der Waals surface area contributed by atoms with Gasteiger partial charge in [0.1, 0.15) is 16.8 Å². The second-order valence-electron chi connectivity index (χ2n) is 8.73. The fourth-order valence-corrected chi connectivity index (χ4v) is 4.58. The molecule has 0 aliphatic rings. The monoisotopic (exact) mass is 511 g/mol. The number of rotatable bonds is 12. The third kappa shape index (κ3) is 5.76. The molecule has 0 bridgehead atoms. The van der Waals surface area contributed by atoms with Gasteiger partial charge in [-0.1, -0.05) is 0 Å². The number of fused-ring (bicyclic) bond motifs is 2. The Morgan fingerprint density at radius 2 is 1.26 bits per heavy atom. The van der Waals surface area contributed by atoms with E-state index in [4.69, 9.17) is 20.2 Å². The SMILES string of the molecule is COc1ccc(-[n+]2c3cc(N(CCO)CCO)ccc3nc3ccc(N(CCC#N)CCC#N)cc32)cc1. The molecule has 0 aliphatic heterocycles. The van der Waals surface area contributed by atoms with Crippen LogP contribution in [0.4, 0.5) is 11.4 Å². The van der Waals surface area contributed by atoms with Crippen molar-refractivity contribution in [1.82, 2.24) is 4.98 Å². The molecule has 38 heavy (non-hydrogen) atoms. The summed E-state index contributed by atoms with van der Waals surface area (Å²) in [5.41, 5.74) is 6.01. The highest BCUT2D eigenvalue weighted by atomic mass is 16.5. The van der Waals surface area contributed by atoms with Crippen molar-refractivity contribution < 1.29 is 19.5 Å². The minimum Gasteiger partial charge on any atom is -0.497 e. The number of hydrogen-bond donors (Lipinski definition) is 2. The first kappa shape index (κ1) is 26.6. The Morgan fingerprint density at radius 3 is 1.71 bits per heavy atom. The van der Waals surface area contributed by atoms with E-state index >= 15 is 0 Å². The van der Waals surface area contributed by atoms with E-state index in [1.165, 1.54) is 0 Å². The van der Waals surface area contributed by atoms with Gasteiger partial charge in [0.2, 0.25) is 16.7 Å². The molecule has 0 fully saturated rings. The number of aromatic nitrogens is 2. The average molecular weight is 512 g/mol. The Bertz CT molecular complexity index is 1450. The summed E-state index contributed by atoms with van der Waals surface area (Å²) >= 11 is 0. The molecule has 0 spiro atoms. The summed E-state index contributed by atoms with van der Waals surface area (Å²) in [5.74, 6) is 0.745. The summed E-state index contributed by atoms with van der Waals surface area (Å²) in [5, 5.41) is 37.5. The van der Waals surface area contributed by atoms with Gasteiger partial charge in [-0.2, -0.15) is 10.5 Å². The van der Waals surface area contributed by atoms with Crippen molar-refractivity contribution in [3.8, 4) is 23.6 Å². The molecule has 0 atom stereocenters. The predicted molar refractivity (Wildman–Crippen MR) is 146 cm³/mol. The largest absolute Gasteiger partial charge is 0.497 e. The maximum absolute atomic E-state index is 9.57. The molecule has 1 heterocycles. The zero-order chi connectivity index (χ0) is 26.9. The lowest BCUT2D eigenvalue weighted by Crippen LogP contribution is -2.35. The summed E-state index contributed by atoms with van der Waals surface area (Å²) in [6, 6.07) is 24.1. The van der Waals surface area contributed by atoms with Gasteiger partial charge in [0, 0.05) is 61.8 Å². The van der Waals surface area contributed by atoms with Crippen LogP contribution in [0.25, 0.3) is 27.8 Å². The predicted octanol–water partition coefficient (Wildman–Crippen LogP) is 3.10. The highest BCUT2D eigenvalue weighted by Crippen LogP contribution is 2.26. The van der Waals surface area contributed by atoms with Gasteiger partial charge in [0.05, 0.1) is 45.3 Å². The number of nitrogens with zero attached hydrogens (tertiary/aromatic N) is 6. The number of hydrogen-bond acceptors (Lipinski definition) is 8. The van der Waals surface area contributed by atoms with Crippen molar-refractivity contribution >= 4 is 33.4 Å². The third-order valence-corrected chi connectivity index (χ3v) is 6.43. The van der Waals surface area contributed by atoms with Gasteiger partial charge in [-0.25, -0.2) is 4.98 Å². The van der Waals surface area contributed by atoms with Crippen molar-refractivity contribution in [1.29, 1.82) is 10.5 Å². The van der Waals surface area contributed by atoms with E-state index in [1.54, 1.807) is 7.11 Å². The van der Waals surface area contributed by atoms with Crippen LogP contribution in [0.2, 0.25) is 0 Å². The van der Waals surface area contributed by atoms with Gasteiger partial charge in [-0.3, -0.25) is 0 Å². The van der Waals surface area contributed by atoms with Crippen LogP contribution in [-0.2, 0) is 0 Å². The highest BCUT2D eigenvalue weighted by Gasteiger charge is 2.22. The number of benzene rings is 3. The van der Waals surface area contributed by atoms with Crippen LogP contribution in [0.1, 0.15) is 12.8 Å². The van der Waals surface area contributed by atoms with Crippen molar-refractivity contribution in [3.05, 3.63) is 60.7 Å². The van der Waals surface area contributed by atoms with E-state index in [-0.39, 0.29) is 13.2 Å². The topological polar surface area (TPSA) is 121 Å². The molecule has 0 unspecified atom stereocenters. The zero-order valence-corrected chi connectivity index (χ0v) is 21.4. The fourth-order valence-electron chi connectivity index (χ4n) is 4.58. The van der Waals surface area contributed by atoms with Crippen LogP contribution in [0.15, 0.2) is 60.7 Å². The molecule has 4 aromatic rings. The Kier molecular flexibility index (Phi) is 8.89. The number of methoxy groups -OCH3 is 1. The summed E-state index contributed by atoms with van der Waals surface area (Å²) < 4.78 is 7.51. The number of nitriles is 2. The van der Waals surface area contributed by atoms with Crippen molar-refractivity contribution in [2.24, 2.45) is 0 Å². The molecule has 4 rings (SSSR count).